The fourth-order valence-electron chi connectivity index (χ4n) is 3.04. The molecule has 2 aliphatic rings. The van der Waals surface area contributed by atoms with E-state index in [1.54, 1.807) is 17.1 Å². The molecule has 2 heterocycles. The van der Waals surface area contributed by atoms with Gasteiger partial charge in [-0.1, -0.05) is 23.2 Å². The van der Waals surface area contributed by atoms with Gasteiger partial charge < -0.3 is 4.79 Å². The molecular formula is C17H18Cl2N4O. The Morgan fingerprint density at radius 1 is 1.29 bits per heavy atom. The molecule has 1 aromatic rings. The molecular weight excluding hydrogens is 347 g/mol. The average molecular weight is 365 g/mol. The van der Waals surface area contributed by atoms with E-state index >= 15 is 0 Å². The van der Waals surface area contributed by atoms with Gasteiger partial charge in [-0.3, -0.25) is 9.91 Å². The molecule has 0 spiro atoms. The summed E-state index contributed by atoms with van der Waals surface area (Å²) in [6.45, 7) is 2.48. The average Bonchev–Trinajstić information content (AvgIpc) is 3.01. The van der Waals surface area contributed by atoms with Crippen molar-refractivity contribution in [2.45, 2.75) is 18.9 Å². The standard InChI is InChI=1S/C17H18Cl2N4O/c18-15-2-1-14(7-16(15)19)23-10-13(17(11-24)21-23)9-22-5-3-12(8-20)4-6-22/h1-2,7,10-12,17,21H,3-6,9H2. The zero-order valence-corrected chi connectivity index (χ0v) is 14.6. The van der Waals surface area contributed by atoms with Gasteiger partial charge in [-0.25, -0.2) is 5.43 Å². The molecule has 0 radical (unpaired) electrons. The lowest BCUT2D eigenvalue weighted by Gasteiger charge is -2.29. The van der Waals surface area contributed by atoms with Crippen molar-refractivity contribution in [1.82, 2.24) is 10.3 Å². The third-order valence-corrected chi connectivity index (χ3v) is 5.21. The molecule has 7 heteroatoms. The Morgan fingerprint density at radius 2 is 2.04 bits per heavy atom. The third kappa shape index (κ3) is 3.73. The molecule has 2 aliphatic heterocycles. The van der Waals surface area contributed by atoms with Gasteiger partial charge in [-0.05, 0) is 49.7 Å². The fourth-order valence-corrected chi connectivity index (χ4v) is 3.33. The number of hydrogen-bond donors (Lipinski definition) is 1. The number of likely N-dealkylation sites (tertiary alicyclic amines) is 1. The molecule has 24 heavy (non-hydrogen) atoms. The molecule has 1 aromatic carbocycles. The largest absolute Gasteiger partial charge is 0.301 e. The molecule has 126 valence electrons. The predicted molar refractivity (Wildman–Crippen MR) is 94.8 cm³/mol. The Bertz CT molecular complexity index is 692. The van der Waals surface area contributed by atoms with Crippen molar-refractivity contribution < 1.29 is 4.79 Å². The van der Waals surface area contributed by atoms with Crippen LogP contribution in [0.2, 0.25) is 10.0 Å². The van der Waals surface area contributed by atoms with Crippen molar-refractivity contribution >= 4 is 35.2 Å². The smallest absolute Gasteiger partial charge is 0.143 e. The lowest BCUT2D eigenvalue weighted by molar-refractivity contribution is -0.108. The van der Waals surface area contributed by atoms with E-state index in [2.05, 4.69) is 16.4 Å². The first-order valence-electron chi connectivity index (χ1n) is 7.89. The molecule has 5 nitrogen and oxygen atoms in total. The van der Waals surface area contributed by atoms with Crippen LogP contribution in [0.3, 0.4) is 0 Å². The van der Waals surface area contributed by atoms with Gasteiger partial charge in [-0.2, -0.15) is 5.26 Å². The number of nitriles is 1. The van der Waals surface area contributed by atoms with Crippen LogP contribution in [0.4, 0.5) is 5.69 Å². The highest BCUT2D eigenvalue weighted by atomic mass is 35.5. The first-order chi connectivity index (χ1) is 11.6. The van der Waals surface area contributed by atoms with E-state index < -0.39 is 0 Å². The minimum absolute atomic E-state index is 0.159. The maximum absolute atomic E-state index is 11.4. The summed E-state index contributed by atoms with van der Waals surface area (Å²) in [6, 6.07) is 7.32. The van der Waals surface area contributed by atoms with Crippen LogP contribution in [0.5, 0.6) is 0 Å². The second kappa shape index (κ2) is 7.54. The number of nitrogens with zero attached hydrogens (tertiary/aromatic N) is 3. The molecule has 1 N–H and O–H groups in total. The van der Waals surface area contributed by atoms with Crippen molar-refractivity contribution in [3.8, 4) is 6.07 Å². The summed E-state index contributed by atoms with van der Waals surface area (Å²) < 4.78 is 0. The van der Waals surface area contributed by atoms with Gasteiger partial charge >= 0.3 is 0 Å². The van der Waals surface area contributed by atoms with Crippen LogP contribution in [0.25, 0.3) is 0 Å². The Balaban J connectivity index is 1.70. The fraction of sp³-hybridized carbons (Fsp3) is 0.412. The second-order valence-corrected chi connectivity index (χ2v) is 6.91. The lowest BCUT2D eigenvalue weighted by Crippen LogP contribution is -2.40. The molecule has 1 fully saturated rings. The van der Waals surface area contributed by atoms with E-state index in [1.165, 1.54) is 0 Å². The van der Waals surface area contributed by atoms with E-state index in [0.29, 0.717) is 16.6 Å². The Labute approximate surface area is 151 Å². The topological polar surface area (TPSA) is 59.4 Å². The van der Waals surface area contributed by atoms with Crippen LogP contribution in [0.1, 0.15) is 12.8 Å². The number of halogens is 2. The Kier molecular flexibility index (Phi) is 5.42. The van der Waals surface area contributed by atoms with E-state index in [0.717, 1.165) is 43.5 Å². The summed E-state index contributed by atoms with van der Waals surface area (Å²) in [6.07, 6.45) is 4.62. The number of carbonyl (C=O) groups is 1. The third-order valence-electron chi connectivity index (χ3n) is 4.47. The number of hydrogen-bond acceptors (Lipinski definition) is 5. The summed E-state index contributed by atoms with van der Waals surface area (Å²) >= 11 is 12.0. The van der Waals surface area contributed by atoms with Crippen LogP contribution < -0.4 is 10.4 Å². The minimum Gasteiger partial charge on any atom is -0.301 e. The van der Waals surface area contributed by atoms with Crippen molar-refractivity contribution in [2.75, 3.05) is 24.6 Å². The molecule has 0 saturated carbocycles. The van der Waals surface area contributed by atoms with Gasteiger partial charge in [0.25, 0.3) is 0 Å². The number of anilines is 1. The van der Waals surface area contributed by atoms with Gasteiger partial charge in [0.1, 0.15) is 12.3 Å². The summed E-state index contributed by atoms with van der Waals surface area (Å²) in [5.41, 5.74) is 4.99. The van der Waals surface area contributed by atoms with Crippen LogP contribution in [0.15, 0.2) is 30.0 Å². The van der Waals surface area contributed by atoms with E-state index in [9.17, 15) is 4.79 Å². The quantitative estimate of drug-likeness (QED) is 0.832. The van der Waals surface area contributed by atoms with Crippen LogP contribution in [0, 0.1) is 17.2 Å². The van der Waals surface area contributed by atoms with Gasteiger partial charge in [-0.15, -0.1) is 0 Å². The number of benzene rings is 1. The normalized spacial score (nSPS) is 22.3. The number of nitrogens with one attached hydrogen (secondary N) is 1. The van der Waals surface area contributed by atoms with E-state index in [-0.39, 0.29) is 12.0 Å². The summed E-state index contributed by atoms with van der Waals surface area (Å²) in [4.78, 5) is 13.7. The molecule has 0 aromatic heterocycles. The zero-order chi connectivity index (χ0) is 17.1. The maximum atomic E-state index is 11.4. The molecule has 0 aliphatic carbocycles. The van der Waals surface area contributed by atoms with Crippen molar-refractivity contribution in [3.05, 3.63) is 40.0 Å². The molecule has 1 saturated heterocycles. The zero-order valence-electron chi connectivity index (χ0n) is 13.1. The van der Waals surface area contributed by atoms with Crippen LogP contribution in [-0.2, 0) is 4.79 Å². The maximum Gasteiger partial charge on any atom is 0.143 e. The van der Waals surface area contributed by atoms with Gasteiger partial charge in [0.15, 0.2) is 0 Å². The minimum atomic E-state index is -0.354. The first-order valence-corrected chi connectivity index (χ1v) is 8.64. The number of piperidine rings is 1. The first kappa shape index (κ1) is 17.2. The van der Waals surface area contributed by atoms with Gasteiger partial charge in [0.2, 0.25) is 0 Å². The van der Waals surface area contributed by atoms with Gasteiger partial charge in [0.05, 0.1) is 21.8 Å². The highest BCUT2D eigenvalue weighted by Crippen LogP contribution is 2.29. The van der Waals surface area contributed by atoms with Crippen molar-refractivity contribution in [3.63, 3.8) is 0 Å². The molecule has 1 unspecified atom stereocenters. The molecule has 3 rings (SSSR count). The lowest BCUT2D eigenvalue weighted by atomic mass is 9.98. The number of aldehydes is 1. The summed E-state index contributed by atoms with van der Waals surface area (Å²) in [7, 11) is 0. The Hall–Kier alpha value is -1.58. The molecule has 1 atom stereocenters. The van der Waals surface area contributed by atoms with Crippen molar-refractivity contribution in [1.29, 1.82) is 5.26 Å². The summed E-state index contributed by atoms with van der Waals surface area (Å²) in [5, 5.41) is 11.8. The number of rotatable bonds is 4. The number of hydrazine groups is 1. The highest BCUT2D eigenvalue weighted by Gasteiger charge is 2.27. The highest BCUT2D eigenvalue weighted by molar-refractivity contribution is 6.42. The van der Waals surface area contributed by atoms with Crippen LogP contribution in [-0.4, -0.2) is 36.9 Å². The Morgan fingerprint density at radius 3 is 2.67 bits per heavy atom. The van der Waals surface area contributed by atoms with Gasteiger partial charge in [0, 0.05) is 18.7 Å². The number of carbonyl (C=O) groups excluding carboxylic acids is 1. The molecule has 0 bridgehead atoms. The predicted octanol–water partition coefficient (Wildman–Crippen LogP) is 3.00. The summed E-state index contributed by atoms with van der Waals surface area (Å²) in [5.74, 6) is 0.159. The van der Waals surface area contributed by atoms with E-state index in [1.807, 2.05) is 12.3 Å². The molecule has 0 amide bonds. The monoisotopic (exact) mass is 364 g/mol. The van der Waals surface area contributed by atoms with Crippen molar-refractivity contribution in [2.24, 2.45) is 5.92 Å². The second-order valence-electron chi connectivity index (χ2n) is 6.09. The SMILES string of the molecule is N#CC1CCN(CC2=CN(c3ccc(Cl)c(Cl)c3)NC2C=O)CC1. The van der Waals surface area contributed by atoms with E-state index in [4.69, 9.17) is 28.5 Å². The van der Waals surface area contributed by atoms with Crippen LogP contribution >= 0.6 is 23.2 Å².